The molecule has 4 heterocycles. The number of thiophene rings is 2. The van der Waals surface area contributed by atoms with E-state index in [9.17, 15) is 30.2 Å². The monoisotopic (exact) mass is 975 g/mol. The largest absolute Gasteiger partial charge is 0.310 e. The van der Waals surface area contributed by atoms with Crippen molar-refractivity contribution in [3.63, 3.8) is 0 Å². The summed E-state index contributed by atoms with van der Waals surface area (Å²) in [5.74, 6) is 0. The topological polar surface area (TPSA) is 9.72 Å². The van der Waals surface area contributed by atoms with Gasteiger partial charge in [0.2, 0.25) is 0 Å². The van der Waals surface area contributed by atoms with Crippen LogP contribution in [0.15, 0.2) is 187 Å². The van der Waals surface area contributed by atoms with Gasteiger partial charge in [-0.15, -0.1) is 22.7 Å². The molecule has 6 heteroatoms. The number of hydrogen-bond donors (Lipinski definition) is 0. The number of fused-ring (bicyclic) bond motifs is 8. The Balaban J connectivity index is 1.47. The molecule has 0 N–H and O–H groups in total. The lowest BCUT2D eigenvalue weighted by Gasteiger charge is -2.43. The highest BCUT2D eigenvalue weighted by Gasteiger charge is 2.47. The quantitative estimate of drug-likeness (QED) is 0.154. The minimum Gasteiger partial charge on any atom is -0.310 e. The normalized spacial score (nSPS) is 19.6. The Morgan fingerprint density at radius 2 is 0.943 bits per heavy atom. The molecule has 0 unspecified atom stereocenters. The predicted octanol–water partition coefficient (Wildman–Crippen LogP) is 17.2. The molecule has 0 atom stereocenters. The van der Waals surface area contributed by atoms with Gasteiger partial charge < -0.3 is 14.7 Å². The summed E-state index contributed by atoms with van der Waals surface area (Å²) >= 11 is 1.35. The van der Waals surface area contributed by atoms with Crippen LogP contribution in [0, 0.1) is 0 Å². The van der Waals surface area contributed by atoms with Crippen LogP contribution in [0.2, 0.25) is 0 Å². The van der Waals surface area contributed by atoms with E-state index in [0.717, 1.165) is 9.80 Å². The second kappa shape index (κ2) is 16.4. The number of anilines is 9. The highest BCUT2D eigenvalue weighted by Crippen LogP contribution is 2.53. The first-order valence-electron chi connectivity index (χ1n) is 37.7. The first-order chi connectivity index (χ1) is 46.6. The number of benzene rings is 8. The molecule has 0 saturated heterocycles. The van der Waals surface area contributed by atoms with E-state index in [1.807, 2.05) is 0 Å². The Morgan fingerprint density at radius 1 is 0.429 bits per heavy atom. The molecule has 0 aliphatic carbocycles. The van der Waals surface area contributed by atoms with Crippen LogP contribution in [0.1, 0.15) is 121 Å². The highest BCUT2D eigenvalue weighted by molar-refractivity contribution is 7.35. The van der Waals surface area contributed by atoms with E-state index in [0.29, 0.717) is 27.6 Å². The van der Waals surface area contributed by atoms with Crippen molar-refractivity contribution in [3.8, 4) is 11.1 Å². The maximum atomic E-state index is 11.2. The molecule has 70 heavy (non-hydrogen) atoms. The van der Waals surface area contributed by atoms with Crippen LogP contribution >= 0.6 is 22.7 Å². The summed E-state index contributed by atoms with van der Waals surface area (Å²) < 4.78 is 299. The van der Waals surface area contributed by atoms with Crippen molar-refractivity contribution in [1.29, 1.82) is 0 Å². The first kappa shape index (κ1) is 22.1. The molecule has 344 valence electrons. The summed E-state index contributed by atoms with van der Waals surface area (Å²) in [7, 11) is 0. The van der Waals surface area contributed by atoms with E-state index < -0.39 is 272 Å². The first-order valence-corrected chi connectivity index (χ1v) is 23.8. The minimum atomic E-state index is -1.80. The summed E-state index contributed by atoms with van der Waals surface area (Å²) in [6.45, 7) is 13.0. The van der Waals surface area contributed by atoms with Crippen LogP contribution in [-0.4, -0.2) is 6.71 Å². The summed E-state index contributed by atoms with van der Waals surface area (Å²) in [4.78, 5) is 2.46. The third kappa shape index (κ3) is 7.38. The van der Waals surface area contributed by atoms with Crippen molar-refractivity contribution in [2.24, 2.45) is 0 Å². The molecule has 0 amide bonds. The molecule has 0 fully saturated rings. The van der Waals surface area contributed by atoms with Crippen LogP contribution in [0.3, 0.4) is 0 Å². The van der Waals surface area contributed by atoms with E-state index in [2.05, 4.69) is 0 Å². The van der Waals surface area contributed by atoms with Gasteiger partial charge in [0.25, 0.3) is 6.71 Å². The molecule has 0 saturated carbocycles. The van der Waals surface area contributed by atoms with E-state index in [1.54, 1.807) is 62.3 Å². The second-order valence-corrected chi connectivity index (χ2v) is 21.9. The molecule has 10 aromatic rings. The van der Waals surface area contributed by atoms with Crippen molar-refractivity contribution < 1.29 is 42.5 Å². The smallest absolute Gasteiger partial charge is 0.266 e. The van der Waals surface area contributed by atoms with Gasteiger partial charge in [-0.3, -0.25) is 0 Å². The summed E-state index contributed by atoms with van der Waals surface area (Å²) in [6.07, 6.45) is 0. The maximum Gasteiger partial charge on any atom is 0.266 e. The third-order valence-electron chi connectivity index (χ3n) is 11.9. The molecule has 12 rings (SSSR count). The van der Waals surface area contributed by atoms with Crippen molar-refractivity contribution in [3.05, 3.63) is 204 Å². The van der Waals surface area contributed by atoms with E-state index in [1.165, 1.54) is 0 Å². The average Bonchev–Trinajstić information content (AvgIpc) is 1.59. The molecule has 0 radical (unpaired) electrons. The fraction of sp³-hybridized carbons (Fsp3) is 0.188. The van der Waals surface area contributed by atoms with Crippen LogP contribution in [0.4, 0.5) is 50.5 Å². The fourth-order valence-electron chi connectivity index (χ4n) is 8.49. The summed E-state index contributed by atoms with van der Waals surface area (Å²) in [5, 5.41) is -0.939. The van der Waals surface area contributed by atoms with Gasteiger partial charge in [0.1, 0.15) is 0 Å². The molecule has 2 aliphatic heterocycles. The summed E-state index contributed by atoms with van der Waals surface area (Å²) in [6, 6.07) is -27.8. The van der Waals surface area contributed by atoms with Crippen LogP contribution in [0.25, 0.3) is 31.3 Å². The van der Waals surface area contributed by atoms with E-state index in [4.69, 9.17) is 12.3 Å². The molecule has 8 aromatic carbocycles. The number of para-hydroxylation sites is 2. The summed E-state index contributed by atoms with van der Waals surface area (Å²) in [5.41, 5.74) is -12.3. The minimum absolute atomic E-state index is 0.0437. The Hall–Kier alpha value is -6.86. The van der Waals surface area contributed by atoms with Crippen LogP contribution in [0.5, 0.6) is 0 Å². The van der Waals surface area contributed by atoms with Gasteiger partial charge in [-0.1, -0.05) is 171 Å². The fourth-order valence-corrected chi connectivity index (χ4v) is 10.9. The van der Waals surface area contributed by atoms with Gasteiger partial charge in [0, 0.05) is 53.7 Å². The Bertz CT molecular complexity index is 5280. The lowest BCUT2D eigenvalue weighted by molar-refractivity contribution is 0.590. The van der Waals surface area contributed by atoms with Gasteiger partial charge >= 0.3 is 0 Å². The number of rotatable bonds is 6. The molecule has 2 aliphatic rings. The molecular formula is C64H58BN3S2. The molecule has 0 spiro atoms. The average molecular weight is 975 g/mol. The van der Waals surface area contributed by atoms with Gasteiger partial charge in [0.05, 0.1) is 58.9 Å². The molecule has 0 bridgehead atoms. The van der Waals surface area contributed by atoms with Crippen molar-refractivity contribution in [1.82, 2.24) is 0 Å². The van der Waals surface area contributed by atoms with E-state index >= 15 is 0 Å². The Kier molecular flexibility index (Phi) is 5.16. The predicted molar refractivity (Wildman–Crippen MR) is 307 cm³/mol. The zero-order valence-corrected chi connectivity index (χ0v) is 40.9. The van der Waals surface area contributed by atoms with Crippen LogP contribution in [-0.2, 0) is 16.2 Å². The SMILES string of the molecule is [2H]c1c([2H])c([2H])c(-c2c([2H])c([2H])c3sc4c(c3c2[2H])N(c2c([2H])c([2H])c(C(C)(C)C)c([2H])c2[2H])c2c([2H])c(N(c3c([2H])c([2H])c([2H])c([2H])c3[2H])c3c([2H])c([2H])c([2H])c([2H])c3[2H])c([2H])c3c2B4c2c(sc4c([2H])c(C(C)(C)C)c([2H])c([2H])c24)N3c2c([2H])c([2H])c(C(C)(C)C)c([2H])c2[2H])c([2H])c1[2H]. The highest BCUT2D eigenvalue weighted by atomic mass is 32.1. The second-order valence-electron chi connectivity index (χ2n) is 19.8. The number of hydrogen-bond acceptors (Lipinski definition) is 5. The van der Waals surface area contributed by atoms with Crippen molar-refractivity contribution in [2.45, 2.75) is 78.6 Å². The zero-order chi connectivity index (χ0) is 75.2. The van der Waals surface area contributed by atoms with Crippen molar-refractivity contribution in [2.75, 3.05) is 14.7 Å². The Morgan fingerprint density at radius 3 is 1.50 bits per heavy atom. The number of nitrogens with zero attached hydrogens (tertiary/aromatic N) is 3. The van der Waals surface area contributed by atoms with Crippen molar-refractivity contribution >= 4 is 116 Å². The van der Waals surface area contributed by atoms with Crippen LogP contribution < -0.4 is 30.4 Å². The Labute approximate surface area is 465 Å². The zero-order valence-electron chi connectivity index (χ0n) is 70.2. The van der Waals surface area contributed by atoms with E-state index in [-0.39, 0.29) is 52.8 Å². The molecule has 2 aromatic heterocycles. The van der Waals surface area contributed by atoms with Gasteiger partial charge in [0.15, 0.2) is 0 Å². The van der Waals surface area contributed by atoms with Gasteiger partial charge in [-0.05, 0) is 139 Å². The standard InChI is InChI=1S/C64H58BN3S2/c1-62(2,3)43-26-31-48(32-27-43)67-53-39-50(66(46-21-15-11-16-22-46)47-23-17-12-18-24-47)40-54-58(53)65(60-59(67)52-37-42(25-36-55(52)69-60)41-19-13-10-14-20-41)57-51-35-30-45(64(7,8)9)38-56(51)70-61(57)68(54)49-33-28-44(29-34-49)63(4,5)6/h10-40H,1-9H3/i10D,11D,12D,13D,14D,15D,16D,17D,18D,19D,20D,21D,22D,23D,24D,25D,26D,27D,28D,29D,30D,31D,32D,33D,34D,35D,36D,37D,38D,39D,40D. The van der Waals surface area contributed by atoms with Gasteiger partial charge in [-0.25, -0.2) is 0 Å². The molecule has 3 nitrogen and oxygen atoms in total. The lowest BCUT2D eigenvalue weighted by Crippen LogP contribution is -2.60. The molecular weight excluding hydrogens is 886 g/mol. The van der Waals surface area contributed by atoms with Gasteiger partial charge in [-0.2, -0.15) is 0 Å². The maximum absolute atomic E-state index is 11.2. The third-order valence-corrected chi connectivity index (χ3v) is 14.2. The lowest BCUT2D eigenvalue weighted by atomic mass is 9.36.